The lowest BCUT2D eigenvalue weighted by molar-refractivity contribution is -0.384. The van der Waals surface area contributed by atoms with Crippen LogP contribution in [0.2, 0.25) is 0 Å². The molecule has 0 bridgehead atoms. The maximum Gasteiger partial charge on any atom is 0.269 e. The number of aryl methyl sites for hydroxylation is 1. The van der Waals surface area contributed by atoms with Gasteiger partial charge in [-0.15, -0.1) is 0 Å². The van der Waals surface area contributed by atoms with E-state index in [1.807, 2.05) is 31.2 Å². The maximum absolute atomic E-state index is 10.7. The third-order valence-electron chi connectivity index (χ3n) is 2.64. The normalized spacial score (nSPS) is 10.8. The highest BCUT2D eigenvalue weighted by molar-refractivity contribution is 14.1. The van der Waals surface area contributed by atoms with Crippen molar-refractivity contribution in [3.05, 3.63) is 67.3 Å². The third kappa shape index (κ3) is 3.37. The predicted octanol–water partition coefficient (Wildman–Crippen LogP) is 4.26. The van der Waals surface area contributed by atoms with Crippen LogP contribution in [0.15, 0.2) is 47.5 Å². The van der Waals surface area contributed by atoms with Crippen molar-refractivity contribution in [1.82, 2.24) is 0 Å². The minimum atomic E-state index is -0.402. The number of halogens is 1. The fourth-order valence-electron chi connectivity index (χ4n) is 1.62. The third-order valence-corrected chi connectivity index (χ3v) is 3.62. The van der Waals surface area contributed by atoms with Crippen LogP contribution in [0.3, 0.4) is 0 Å². The first-order valence-electron chi connectivity index (χ1n) is 5.61. The lowest BCUT2D eigenvalue weighted by Crippen LogP contribution is -1.89. The van der Waals surface area contributed by atoms with Crippen molar-refractivity contribution < 1.29 is 4.92 Å². The zero-order chi connectivity index (χ0) is 13.8. The fourth-order valence-corrected chi connectivity index (χ4v) is 2.14. The first-order valence-corrected chi connectivity index (χ1v) is 6.69. The largest absolute Gasteiger partial charge is 0.269 e. The van der Waals surface area contributed by atoms with Crippen LogP contribution < -0.4 is 0 Å². The summed E-state index contributed by atoms with van der Waals surface area (Å²) in [6.07, 6.45) is 1.77. The summed E-state index contributed by atoms with van der Waals surface area (Å²) >= 11 is 2.25. The molecule has 96 valence electrons. The van der Waals surface area contributed by atoms with Gasteiger partial charge in [-0.2, -0.15) is 0 Å². The highest BCUT2D eigenvalue weighted by atomic mass is 127. The van der Waals surface area contributed by atoms with E-state index < -0.39 is 4.92 Å². The van der Waals surface area contributed by atoms with Gasteiger partial charge < -0.3 is 0 Å². The lowest BCUT2D eigenvalue weighted by atomic mass is 10.2. The molecule has 0 heterocycles. The van der Waals surface area contributed by atoms with Gasteiger partial charge in [0.15, 0.2) is 0 Å². The molecule has 0 aliphatic rings. The van der Waals surface area contributed by atoms with Crippen LogP contribution in [-0.4, -0.2) is 11.1 Å². The first kappa shape index (κ1) is 13.7. The summed E-state index contributed by atoms with van der Waals surface area (Å²) in [6, 6.07) is 12.6. The van der Waals surface area contributed by atoms with Crippen molar-refractivity contribution in [2.24, 2.45) is 4.99 Å². The quantitative estimate of drug-likeness (QED) is 0.353. The zero-order valence-corrected chi connectivity index (χ0v) is 12.4. The number of benzene rings is 2. The van der Waals surface area contributed by atoms with E-state index in [4.69, 9.17) is 0 Å². The molecule has 0 saturated heterocycles. The lowest BCUT2D eigenvalue weighted by Gasteiger charge is -2.00. The Balaban J connectivity index is 2.29. The summed E-state index contributed by atoms with van der Waals surface area (Å²) in [5, 5.41) is 10.7. The van der Waals surface area contributed by atoms with Gasteiger partial charge in [0.2, 0.25) is 0 Å². The zero-order valence-electron chi connectivity index (χ0n) is 10.2. The van der Waals surface area contributed by atoms with Gasteiger partial charge in [-0.25, -0.2) is 0 Å². The van der Waals surface area contributed by atoms with Crippen LogP contribution in [-0.2, 0) is 0 Å². The van der Waals surface area contributed by atoms with Gasteiger partial charge in [-0.1, -0.05) is 18.2 Å². The second kappa shape index (κ2) is 5.92. The second-order valence-corrected chi connectivity index (χ2v) is 5.17. The SMILES string of the molecule is Cc1cc([N+](=O)[O-])ccc1N=Cc1ccccc1I. The Hall–Kier alpha value is -1.76. The Morgan fingerprint density at radius 2 is 2.00 bits per heavy atom. The number of nitro groups is 1. The van der Waals surface area contributed by atoms with Crippen molar-refractivity contribution in [2.45, 2.75) is 6.92 Å². The molecular formula is C14H11IN2O2. The average Bonchev–Trinajstić information content (AvgIpc) is 2.39. The van der Waals surface area contributed by atoms with Crippen molar-refractivity contribution >= 4 is 40.2 Å². The number of aliphatic imine (C=N–C) groups is 1. The Labute approximate surface area is 124 Å². The fraction of sp³-hybridized carbons (Fsp3) is 0.0714. The molecule has 0 unspecified atom stereocenters. The molecule has 0 aromatic heterocycles. The molecule has 0 atom stereocenters. The number of nitrogens with zero attached hydrogens (tertiary/aromatic N) is 2. The summed E-state index contributed by atoms with van der Waals surface area (Å²) in [4.78, 5) is 14.6. The minimum Gasteiger partial charge on any atom is -0.258 e. The van der Waals surface area contributed by atoms with Crippen LogP contribution in [0.25, 0.3) is 0 Å². The molecule has 0 aliphatic heterocycles. The van der Waals surface area contributed by atoms with Crippen LogP contribution in [0, 0.1) is 20.6 Å². The summed E-state index contributed by atoms with van der Waals surface area (Å²) in [5.74, 6) is 0. The van der Waals surface area contributed by atoms with Crippen molar-refractivity contribution in [3.63, 3.8) is 0 Å². The number of non-ortho nitro benzene ring substituents is 1. The maximum atomic E-state index is 10.7. The number of hydrogen-bond donors (Lipinski definition) is 0. The van der Waals surface area contributed by atoms with Crippen molar-refractivity contribution in [1.29, 1.82) is 0 Å². The first-order chi connectivity index (χ1) is 9.08. The summed E-state index contributed by atoms with van der Waals surface area (Å²) in [5.41, 5.74) is 2.65. The molecule has 5 heteroatoms. The van der Waals surface area contributed by atoms with Gasteiger partial charge >= 0.3 is 0 Å². The van der Waals surface area contributed by atoms with E-state index in [1.54, 1.807) is 12.3 Å². The van der Waals surface area contributed by atoms with Crippen LogP contribution in [0.1, 0.15) is 11.1 Å². The predicted molar refractivity (Wildman–Crippen MR) is 84.2 cm³/mol. The van der Waals surface area contributed by atoms with Crippen LogP contribution >= 0.6 is 22.6 Å². The second-order valence-electron chi connectivity index (χ2n) is 4.01. The number of rotatable bonds is 3. The van der Waals surface area contributed by atoms with Gasteiger partial charge in [0, 0.05) is 27.5 Å². The Morgan fingerprint density at radius 3 is 2.63 bits per heavy atom. The van der Waals surface area contributed by atoms with Gasteiger partial charge in [0.05, 0.1) is 10.6 Å². The van der Waals surface area contributed by atoms with Crippen molar-refractivity contribution in [3.8, 4) is 0 Å². The molecule has 19 heavy (non-hydrogen) atoms. The van der Waals surface area contributed by atoms with Crippen LogP contribution in [0.5, 0.6) is 0 Å². The monoisotopic (exact) mass is 366 g/mol. The highest BCUT2D eigenvalue weighted by Crippen LogP contribution is 2.23. The summed E-state index contributed by atoms with van der Waals surface area (Å²) < 4.78 is 1.11. The van der Waals surface area contributed by atoms with Gasteiger partial charge in [0.25, 0.3) is 5.69 Å². The molecule has 0 spiro atoms. The molecule has 2 aromatic carbocycles. The molecule has 0 saturated carbocycles. The van der Waals surface area contributed by atoms with E-state index in [-0.39, 0.29) is 5.69 Å². The molecular weight excluding hydrogens is 355 g/mol. The summed E-state index contributed by atoms with van der Waals surface area (Å²) in [7, 11) is 0. The van der Waals surface area contributed by atoms with Gasteiger partial charge in [-0.3, -0.25) is 15.1 Å². The smallest absolute Gasteiger partial charge is 0.258 e. The Kier molecular flexibility index (Phi) is 4.26. The van der Waals surface area contributed by atoms with Crippen LogP contribution in [0.4, 0.5) is 11.4 Å². The Bertz CT molecular complexity index is 654. The Morgan fingerprint density at radius 1 is 1.26 bits per heavy atom. The average molecular weight is 366 g/mol. The van der Waals surface area contributed by atoms with E-state index in [9.17, 15) is 10.1 Å². The molecule has 0 N–H and O–H groups in total. The molecule has 0 radical (unpaired) electrons. The molecule has 2 aromatic rings. The van der Waals surface area contributed by atoms with Crippen molar-refractivity contribution in [2.75, 3.05) is 0 Å². The number of hydrogen-bond acceptors (Lipinski definition) is 3. The van der Waals surface area contributed by atoms with E-state index in [0.29, 0.717) is 0 Å². The van der Waals surface area contributed by atoms with Gasteiger partial charge in [0.1, 0.15) is 0 Å². The van der Waals surface area contributed by atoms with E-state index in [1.165, 1.54) is 12.1 Å². The molecule has 0 aliphatic carbocycles. The topological polar surface area (TPSA) is 55.5 Å². The molecule has 0 amide bonds. The standard InChI is InChI=1S/C14H11IN2O2/c1-10-8-12(17(18)19)6-7-14(10)16-9-11-4-2-3-5-13(11)15/h2-9H,1H3. The highest BCUT2D eigenvalue weighted by Gasteiger charge is 2.07. The molecule has 0 fully saturated rings. The van der Waals surface area contributed by atoms with E-state index in [0.717, 1.165) is 20.4 Å². The van der Waals surface area contributed by atoms with Gasteiger partial charge in [-0.05, 0) is 47.2 Å². The summed E-state index contributed by atoms with van der Waals surface area (Å²) in [6.45, 7) is 1.82. The minimum absolute atomic E-state index is 0.0886. The number of nitro benzene ring substituents is 1. The molecule has 2 rings (SSSR count). The molecule has 4 nitrogen and oxygen atoms in total. The van der Waals surface area contributed by atoms with E-state index in [2.05, 4.69) is 27.6 Å². The van der Waals surface area contributed by atoms with E-state index >= 15 is 0 Å².